The lowest BCUT2D eigenvalue weighted by Crippen LogP contribution is -2.18. The fraction of sp³-hybridized carbons (Fsp3) is 0. The molecule has 0 fully saturated rings. The van der Waals surface area contributed by atoms with E-state index in [4.69, 9.17) is 26.8 Å². The van der Waals surface area contributed by atoms with Crippen molar-refractivity contribution in [2.45, 2.75) is 0 Å². The monoisotopic (exact) mass is 240 g/mol. The maximum atomic E-state index is 10.9. The van der Waals surface area contributed by atoms with E-state index in [-0.39, 0.29) is 5.69 Å². The zero-order valence-electron chi connectivity index (χ0n) is 8.30. The molecule has 0 radical (unpaired) electrons. The molecular weight excluding hydrogens is 232 g/mol. The molecule has 17 heavy (non-hydrogen) atoms. The van der Waals surface area contributed by atoms with Gasteiger partial charge in [-0.15, -0.1) is 0 Å². The van der Waals surface area contributed by atoms with Gasteiger partial charge in [0.1, 0.15) is 0 Å². The molecule has 0 aliphatic rings. The predicted molar refractivity (Wildman–Crippen MR) is 56.1 cm³/mol. The summed E-state index contributed by atoms with van der Waals surface area (Å²) < 4.78 is 0. The van der Waals surface area contributed by atoms with Crippen LogP contribution in [0.1, 0.15) is 31.1 Å². The van der Waals surface area contributed by atoms with Crippen molar-refractivity contribution in [3.63, 3.8) is 0 Å². The number of anilines is 2. The number of hydrogen-bond acceptors (Lipinski definition) is 5. The molecule has 8 nitrogen and oxygen atoms in total. The Balaban J connectivity index is 3.83. The molecule has 1 rings (SSSR count). The van der Waals surface area contributed by atoms with Crippen molar-refractivity contribution in [2.75, 3.05) is 11.5 Å². The second kappa shape index (κ2) is 4.00. The molecular formula is C9H8N2O6. The van der Waals surface area contributed by atoms with Crippen LogP contribution in [0.15, 0.2) is 6.07 Å². The van der Waals surface area contributed by atoms with Gasteiger partial charge in [0.05, 0.1) is 28.1 Å². The van der Waals surface area contributed by atoms with Gasteiger partial charge in [-0.3, -0.25) is 0 Å². The number of nitrogens with two attached hydrogens (primary N) is 2. The lowest BCUT2D eigenvalue weighted by Gasteiger charge is -2.11. The van der Waals surface area contributed by atoms with Crippen molar-refractivity contribution in [1.29, 1.82) is 0 Å². The molecule has 8 heteroatoms. The highest BCUT2D eigenvalue weighted by Gasteiger charge is 2.27. The Morgan fingerprint density at radius 3 is 1.71 bits per heavy atom. The SMILES string of the molecule is Nc1cc(C(=O)O)c(C(=O)O)c(C(=O)O)c1N. The fourth-order valence-electron chi connectivity index (χ4n) is 1.33. The minimum absolute atomic E-state index is 0.301. The van der Waals surface area contributed by atoms with Crippen molar-refractivity contribution in [1.82, 2.24) is 0 Å². The zero-order chi connectivity index (χ0) is 13.3. The second-order valence-corrected chi connectivity index (χ2v) is 3.09. The van der Waals surface area contributed by atoms with E-state index in [9.17, 15) is 14.4 Å². The molecule has 1 aromatic rings. The molecule has 0 bridgehead atoms. The predicted octanol–water partition coefficient (Wildman–Crippen LogP) is -0.0544. The van der Waals surface area contributed by atoms with Crippen LogP contribution in [0.3, 0.4) is 0 Å². The van der Waals surface area contributed by atoms with Gasteiger partial charge in [-0.25, -0.2) is 14.4 Å². The standard InChI is InChI=1S/C9H8N2O6/c10-3-1-2(7(12)13)4(8(14)15)5(6(3)11)9(16)17/h1H,10-11H2,(H,12,13)(H,14,15)(H,16,17). The van der Waals surface area contributed by atoms with Crippen LogP contribution in [-0.4, -0.2) is 33.2 Å². The first-order valence-electron chi connectivity index (χ1n) is 4.19. The maximum absolute atomic E-state index is 10.9. The molecule has 0 saturated carbocycles. The summed E-state index contributed by atoms with van der Waals surface area (Å²) >= 11 is 0. The minimum atomic E-state index is -1.70. The average Bonchev–Trinajstić information content (AvgIpc) is 2.19. The smallest absolute Gasteiger partial charge is 0.338 e. The lowest BCUT2D eigenvalue weighted by molar-refractivity contribution is 0.0634. The number of carboxylic acid groups (broad SMARTS) is 3. The summed E-state index contributed by atoms with van der Waals surface area (Å²) in [6.45, 7) is 0. The number of carboxylic acids is 3. The Kier molecular flexibility index (Phi) is 2.90. The van der Waals surface area contributed by atoms with Crippen LogP contribution in [0, 0.1) is 0 Å². The first-order valence-corrected chi connectivity index (χ1v) is 4.19. The van der Waals surface area contributed by atoms with Crippen molar-refractivity contribution in [3.8, 4) is 0 Å². The number of aromatic carboxylic acids is 3. The van der Waals surface area contributed by atoms with E-state index in [1.165, 1.54) is 0 Å². The van der Waals surface area contributed by atoms with Crippen molar-refractivity contribution in [2.24, 2.45) is 0 Å². The largest absolute Gasteiger partial charge is 0.478 e. The number of benzene rings is 1. The molecule has 0 spiro atoms. The van der Waals surface area contributed by atoms with E-state index in [0.717, 1.165) is 6.07 Å². The summed E-state index contributed by atoms with van der Waals surface area (Å²) in [5.41, 5.74) is 7.44. The zero-order valence-corrected chi connectivity index (χ0v) is 8.30. The fourth-order valence-corrected chi connectivity index (χ4v) is 1.33. The highest BCUT2D eigenvalue weighted by molar-refractivity contribution is 6.13. The average molecular weight is 240 g/mol. The summed E-state index contributed by atoms with van der Waals surface area (Å²) in [6, 6.07) is 0.813. The third-order valence-electron chi connectivity index (χ3n) is 2.06. The van der Waals surface area contributed by atoms with Gasteiger partial charge in [-0.2, -0.15) is 0 Å². The Labute approximate surface area is 94.1 Å². The molecule has 0 atom stereocenters. The van der Waals surface area contributed by atoms with E-state index < -0.39 is 40.3 Å². The Hall–Kier alpha value is -2.77. The van der Waals surface area contributed by atoms with Gasteiger partial charge >= 0.3 is 17.9 Å². The third kappa shape index (κ3) is 1.95. The Morgan fingerprint density at radius 1 is 0.882 bits per heavy atom. The van der Waals surface area contributed by atoms with Crippen molar-refractivity contribution in [3.05, 3.63) is 22.8 Å². The van der Waals surface area contributed by atoms with Gasteiger partial charge in [-0.1, -0.05) is 0 Å². The normalized spacial score (nSPS) is 9.88. The molecule has 0 saturated heterocycles. The molecule has 90 valence electrons. The van der Waals surface area contributed by atoms with Gasteiger partial charge in [0.2, 0.25) is 0 Å². The van der Waals surface area contributed by atoms with Crippen LogP contribution in [0.2, 0.25) is 0 Å². The summed E-state index contributed by atoms with van der Waals surface area (Å²) in [5.74, 6) is -4.96. The molecule has 0 aliphatic heterocycles. The molecule has 7 N–H and O–H groups in total. The van der Waals surface area contributed by atoms with Crippen LogP contribution in [-0.2, 0) is 0 Å². The van der Waals surface area contributed by atoms with E-state index in [1.54, 1.807) is 0 Å². The highest BCUT2D eigenvalue weighted by Crippen LogP contribution is 2.28. The van der Waals surface area contributed by atoms with Crippen molar-refractivity contribution < 1.29 is 29.7 Å². The maximum Gasteiger partial charge on any atom is 0.338 e. The number of carbonyl (C=O) groups is 3. The topological polar surface area (TPSA) is 164 Å². The van der Waals surface area contributed by atoms with Gasteiger partial charge in [0, 0.05) is 0 Å². The van der Waals surface area contributed by atoms with Gasteiger partial charge in [0.25, 0.3) is 0 Å². The summed E-state index contributed by atoms with van der Waals surface area (Å²) in [5, 5.41) is 26.5. The molecule has 0 heterocycles. The molecule has 1 aromatic carbocycles. The minimum Gasteiger partial charge on any atom is -0.478 e. The number of nitrogen functional groups attached to an aromatic ring is 2. The summed E-state index contributed by atoms with van der Waals surface area (Å²) in [6.07, 6.45) is 0. The Morgan fingerprint density at radius 2 is 1.35 bits per heavy atom. The van der Waals surface area contributed by atoms with Crippen LogP contribution in [0.5, 0.6) is 0 Å². The molecule has 0 amide bonds. The van der Waals surface area contributed by atoms with Crippen LogP contribution in [0.25, 0.3) is 0 Å². The first-order chi connectivity index (χ1) is 7.77. The molecule has 0 aromatic heterocycles. The Bertz CT molecular complexity index is 537. The number of hydrogen-bond donors (Lipinski definition) is 5. The van der Waals surface area contributed by atoms with Gasteiger partial charge in [-0.05, 0) is 6.07 Å². The first kappa shape index (κ1) is 12.3. The van der Waals surface area contributed by atoms with Crippen molar-refractivity contribution >= 4 is 29.3 Å². The van der Waals surface area contributed by atoms with E-state index in [0.29, 0.717) is 0 Å². The molecule has 0 unspecified atom stereocenters. The lowest BCUT2D eigenvalue weighted by atomic mass is 9.98. The van der Waals surface area contributed by atoms with Gasteiger partial charge < -0.3 is 26.8 Å². The quantitative estimate of drug-likeness (QED) is 0.458. The second-order valence-electron chi connectivity index (χ2n) is 3.09. The van der Waals surface area contributed by atoms with Crippen LogP contribution in [0.4, 0.5) is 11.4 Å². The third-order valence-corrected chi connectivity index (χ3v) is 2.06. The van der Waals surface area contributed by atoms with Crippen LogP contribution < -0.4 is 11.5 Å². The summed E-state index contributed by atoms with van der Waals surface area (Å²) in [4.78, 5) is 32.6. The highest BCUT2D eigenvalue weighted by atomic mass is 16.4. The van der Waals surface area contributed by atoms with E-state index >= 15 is 0 Å². The van der Waals surface area contributed by atoms with Gasteiger partial charge in [0.15, 0.2) is 0 Å². The summed E-state index contributed by atoms with van der Waals surface area (Å²) in [7, 11) is 0. The van der Waals surface area contributed by atoms with E-state index in [2.05, 4.69) is 0 Å². The van der Waals surface area contributed by atoms with E-state index in [1.807, 2.05) is 0 Å². The molecule has 0 aliphatic carbocycles. The van der Waals surface area contributed by atoms with Crippen LogP contribution >= 0.6 is 0 Å². The number of rotatable bonds is 3.